The fourth-order valence-electron chi connectivity index (χ4n) is 1.66. The standard InChI is InChI=1S/C14H12BrNO3S/c1-19-14(18)13-12(10(15)8-20-13)16-11(17)7-9-5-3-2-4-6-9/h2-6,8H,7H2,1H3,(H,16,17). The van der Waals surface area contributed by atoms with Crippen molar-refractivity contribution in [2.24, 2.45) is 0 Å². The van der Waals surface area contributed by atoms with Crippen molar-refractivity contribution in [3.8, 4) is 0 Å². The van der Waals surface area contributed by atoms with Gasteiger partial charge in [-0.05, 0) is 21.5 Å². The van der Waals surface area contributed by atoms with Gasteiger partial charge < -0.3 is 10.1 Å². The van der Waals surface area contributed by atoms with Gasteiger partial charge in [0.25, 0.3) is 0 Å². The molecule has 0 fully saturated rings. The van der Waals surface area contributed by atoms with Crippen molar-refractivity contribution < 1.29 is 14.3 Å². The molecule has 0 aliphatic rings. The smallest absolute Gasteiger partial charge is 0.350 e. The Kier molecular flexibility index (Phi) is 4.92. The van der Waals surface area contributed by atoms with E-state index in [9.17, 15) is 9.59 Å². The highest BCUT2D eigenvalue weighted by Gasteiger charge is 2.19. The van der Waals surface area contributed by atoms with Gasteiger partial charge in [-0.1, -0.05) is 30.3 Å². The number of rotatable bonds is 4. The average molecular weight is 354 g/mol. The van der Waals surface area contributed by atoms with E-state index in [2.05, 4.69) is 26.0 Å². The molecule has 0 aliphatic carbocycles. The van der Waals surface area contributed by atoms with E-state index in [1.165, 1.54) is 18.4 Å². The molecule has 1 amide bonds. The number of amides is 1. The second-order valence-electron chi connectivity index (χ2n) is 3.99. The molecule has 6 heteroatoms. The summed E-state index contributed by atoms with van der Waals surface area (Å²) in [5.41, 5.74) is 1.37. The zero-order chi connectivity index (χ0) is 14.5. The van der Waals surface area contributed by atoms with E-state index in [4.69, 9.17) is 0 Å². The number of ether oxygens (including phenoxy) is 1. The number of benzene rings is 1. The molecule has 0 radical (unpaired) electrons. The third kappa shape index (κ3) is 3.46. The van der Waals surface area contributed by atoms with Crippen molar-refractivity contribution in [3.05, 3.63) is 50.6 Å². The number of anilines is 1. The SMILES string of the molecule is COC(=O)c1scc(Br)c1NC(=O)Cc1ccccc1. The van der Waals surface area contributed by atoms with Gasteiger partial charge in [-0.15, -0.1) is 11.3 Å². The zero-order valence-electron chi connectivity index (χ0n) is 10.7. The van der Waals surface area contributed by atoms with Crippen molar-refractivity contribution in [3.63, 3.8) is 0 Å². The molecule has 0 atom stereocenters. The summed E-state index contributed by atoms with van der Waals surface area (Å²) in [6, 6.07) is 9.41. The average Bonchev–Trinajstić information content (AvgIpc) is 2.80. The third-order valence-electron chi connectivity index (χ3n) is 2.59. The van der Waals surface area contributed by atoms with Gasteiger partial charge in [0.15, 0.2) is 0 Å². The molecule has 0 bridgehead atoms. The molecule has 1 aromatic heterocycles. The molecule has 1 N–H and O–H groups in total. The number of carbonyl (C=O) groups excluding carboxylic acids is 2. The number of methoxy groups -OCH3 is 1. The second-order valence-corrected chi connectivity index (χ2v) is 5.72. The lowest BCUT2D eigenvalue weighted by atomic mass is 10.1. The van der Waals surface area contributed by atoms with Crippen LogP contribution >= 0.6 is 27.3 Å². The minimum Gasteiger partial charge on any atom is -0.465 e. The lowest BCUT2D eigenvalue weighted by Crippen LogP contribution is -2.16. The van der Waals surface area contributed by atoms with Crippen LogP contribution in [-0.4, -0.2) is 19.0 Å². The summed E-state index contributed by atoms with van der Waals surface area (Å²) in [5, 5.41) is 4.49. The number of carbonyl (C=O) groups is 2. The van der Waals surface area contributed by atoms with Crippen LogP contribution in [0.4, 0.5) is 5.69 Å². The van der Waals surface area contributed by atoms with Gasteiger partial charge in [0, 0.05) is 5.38 Å². The molecule has 0 unspecified atom stereocenters. The second kappa shape index (κ2) is 6.67. The van der Waals surface area contributed by atoms with E-state index in [0.29, 0.717) is 15.0 Å². The van der Waals surface area contributed by atoms with E-state index < -0.39 is 5.97 Å². The summed E-state index contributed by atoms with van der Waals surface area (Å²) >= 11 is 4.54. The van der Waals surface area contributed by atoms with Gasteiger partial charge >= 0.3 is 5.97 Å². The van der Waals surface area contributed by atoms with E-state index in [1.807, 2.05) is 30.3 Å². The normalized spacial score (nSPS) is 10.1. The molecular weight excluding hydrogens is 342 g/mol. The molecule has 0 saturated heterocycles. The van der Waals surface area contributed by atoms with Crippen LogP contribution in [0.2, 0.25) is 0 Å². The lowest BCUT2D eigenvalue weighted by molar-refractivity contribution is -0.115. The number of nitrogens with one attached hydrogen (secondary N) is 1. The molecule has 0 aliphatic heterocycles. The first-order valence-corrected chi connectivity index (χ1v) is 7.48. The number of hydrogen-bond acceptors (Lipinski definition) is 4. The first-order chi connectivity index (χ1) is 9.61. The van der Waals surface area contributed by atoms with E-state index in [1.54, 1.807) is 5.38 Å². The Labute approximate surface area is 128 Å². The van der Waals surface area contributed by atoms with Gasteiger partial charge in [0.2, 0.25) is 5.91 Å². The number of thiophene rings is 1. The highest BCUT2D eigenvalue weighted by Crippen LogP contribution is 2.33. The van der Waals surface area contributed by atoms with E-state index in [-0.39, 0.29) is 12.3 Å². The van der Waals surface area contributed by atoms with Gasteiger partial charge in [0.1, 0.15) is 4.88 Å². The molecule has 1 heterocycles. The quantitative estimate of drug-likeness (QED) is 0.856. The van der Waals surface area contributed by atoms with Crippen LogP contribution in [0.3, 0.4) is 0 Å². The summed E-state index contributed by atoms with van der Waals surface area (Å²) in [6.07, 6.45) is 0.254. The van der Waals surface area contributed by atoms with Gasteiger partial charge in [-0.3, -0.25) is 4.79 Å². The number of halogens is 1. The Balaban J connectivity index is 2.12. The van der Waals surface area contributed by atoms with Gasteiger partial charge in [-0.2, -0.15) is 0 Å². The Morgan fingerprint density at radius 2 is 2.00 bits per heavy atom. The van der Waals surface area contributed by atoms with E-state index in [0.717, 1.165) is 5.56 Å². The molecule has 2 rings (SSSR count). The summed E-state index contributed by atoms with van der Waals surface area (Å²) in [5.74, 6) is -0.642. The van der Waals surface area contributed by atoms with Crippen LogP contribution in [0.25, 0.3) is 0 Å². The fourth-order valence-corrected chi connectivity index (χ4v) is 3.17. The Morgan fingerprint density at radius 3 is 2.65 bits per heavy atom. The molecule has 20 heavy (non-hydrogen) atoms. The molecule has 4 nitrogen and oxygen atoms in total. The van der Waals surface area contributed by atoms with Crippen molar-refractivity contribution in [2.45, 2.75) is 6.42 Å². The molecule has 104 valence electrons. The number of esters is 1. The summed E-state index contributed by atoms with van der Waals surface area (Å²) < 4.78 is 5.36. The number of hydrogen-bond donors (Lipinski definition) is 1. The maximum atomic E-state index is 12.0. The summed E-state index contributed by atoms with van der Waals surface area (Å²) in [4.78, 5) is 24.0. The maximum Gasteiger partial charge on any atom is 0.350 e. The maximum absolute atomic E-state index is 12.0. The molecular formula is C14H12BrNO3S. The molecule has 0 spiro atoms. The third-order valence-corrected chi connectivity index (χ3v) is 4.48. The highest BCUT2D eigenvalue weighted by molar-refractivity contribution is 9.10. The minimum atomic E-state index is -0.462. The van der Waals surface area contributed by atoms with Crippen LogP contribution in [0.1, 0.15) is 15.2 Å². The predicted octanol–water partition coefficient (Wildman–Crippen LogP) is 3.48. The van der Waals surface area contributed by atoms with Crippen LogP contribution in [0.5, 0.6) is 0 Å². The van der Waals surface area contributed by atoms with E-state index >= 15 is 0 Å². The monoisotopic (exact) mass is 353 g/mol. The van der Waals surface area contributed by atoms with Crippen molar-refractivity contribution in [1.82, 2.24) is 0 Å². The molecule has 0 saturated carbocycles. The van der Waals surface area contributed by atoms with Crippen molar-refractivity contribution >= 4 is 44.8 Å². The fraction of sp³-hybridized carbons (Fsp3) is 0.143. The summed E-state index contributed by atoms with van der Waals surface area (Å²) in [7, 11) is 1.31. The van der Waals surface area contributed by atoms with Gasteiger partial charge in [0.05, 0.1) is 23.7 Å². The first kappa shape index (κ1) is 14.7. The molecule has 1 aromatic carbocycles. The first-order valence-electron chi connectivity index (χ1n) is 5.81. The predicted molar refractivity (Wildman–Crippen MR) is 82.1 cm³/mol. The minimum absolute atomic E-state index is 0.180. The van der Waals surface area contributed by atoms with Crippen molar-refractivity contribution in [2.75, 3.05) is 12.4 Å². The highest BCUT2D eigenvalue weighted by atomic mass is 79.9. The Morgan fingerprint density at radius 1 is 1.30 bits per heavy atom. The zero-order valence-corrected chi connectivity index (χ0v) is 13.1. The lowest BCUT2D eigenvalue weighted by Gasteiger charge is -2.06. The Hall–Kier alpha value is -1.66. The Bertz CT molecular complexity index is 625. The van der Waals surface area contributed by atoms with Crippen LogP contribution in [0.15, 0.2) is 40.2 Å². The topological polar surface area (TPSA) is 55.4 Å². The van der Waals surface area contributed by atoms with Gasteiger partial charge in [-0.25, -0.2) is 4.79 Å². The van der Waals surface area contributed by atoms with Crippen molar-refractivity contribution in [1.29, 1.82) is 0 Å². The van der Waals surface area contributed by atoms with Crippen LogP contribution < -0.4 is 5.32 Å². The largest absolute Gasteiger partial charge is 0.465 e. The van der Waals surface area contributed by atoms with Crippen LogP contribution in [0, 0.1) is 0 Å². The summed E-state index contributed by atoms with van der Waals surface area (Å²) in [6.45, 7) is 0. The van der Waals surface area contributed by atoms with Crippen LogP contribution in [-0.2, 0) is 16.0 Å². The molecule has 2 aromatic rings.